The molecule has 0 aromatic heterocycles. The Labute approximate surface area is 77.6 Å². The minimum Gasteiger partial charge on any atom is -0.379 e. The Bertz CT molecular complexity index is 123. The van der Waals surface area contributed by atoms with E-state index in [0.29, 0.717) is 6.98 Å². The summed E-state index contributed by atoms with van der Waals surface area (Å²) in [6, 6.07) is 0. The van der Waals surface area contributed by atoms with Crippen LogP contribution < -0.4 is 5.14 Å². The maximum absolute atomic E-state index is 3.15. The molecule has 3 nitrogen and oxygen atoms in total. The molecule has 0 unspecified atom stereocenters. The molecule has 0 amide bonds. The van der Waals surface area contributed by atoms with Crippen molar-refractivity contribution in [1.82, 2.24) is 14.6 Å². The minimum absolute atomic E-state index is 0.543. The van der Waals surface area contributed by atoms with Gasteiger partial charge in [0.15, 0.2) is 0 Å². The Balaban J connectivity index is 2.52. The number of rotatable bonds is 3. The van der Waals surface area contributed by atoms with E-state index >= 15 is 0 Å². The van der Waals surface area contributed by atoms with Gasteiger partial charge in [0.2, 0.25) is 0 Å². The van der Waals surface area contributed by atoms with Gasteiger partial charge in [0.25, 0.3) is 22.1 Å². The van der Waals surface area contributed by atoms with Crippen LogP contribution in [0.4, 0.5) is 0 Å². The van der Waals surface area contributed by atoms with Gasteiger partial charge in [0, 0.05) is 0 Å². The number of hydrogen-bond acceptors (Lipinski definition) is 3. The van der Waals surface area contributed by atoms with Gasteiger partial charge in [-0.1, -0.05) is 20.8 Å². The van der Waals surface area contributed by atoms with E-state index in [0.717, 1.165) is 19.4 Å². The van der Waals surface area contributed by atoms with E-state index in [2.05, 4.69) is 50.5 Å². The molecular weight excluding hydrogens is 147 g/mol. The Morgan fingerprint density at radius 2 is 1.58 bits per heavy atom. The van der Waals surface area contributed by atoms with Crippen molar-refractivity contribution < 1.29 is 0 Å². The van der Waals surface area contributed by atoms with Crippen LogP contribution in [-0.4, -0.2) is 44.6 Å². The fraction of sp³-hybridized carbons (Fsp3) is 1.00. The predicted octanol–water partition coefficient (Wildman–Crippen LogP) is -0.190. The molecule has 1 saturated heterocycles. The van der Waals surface area contributed by atoms with Gasteiger partial charge in [-0.3, -0.25) is 0 Å². The molecule has 6 heteroatoms. The molecule has 1 N–H and O–H groups in total. The standard InChI is InChI=1S/C6H16B3N3/c1-4-9-11(5-2)7-10-8-12(9)6-3/h10H,4-6H2,1-3H3. The summed E-state index contributed by atoms with van der Waals surface area (Å²) in [5, 5.41) is 3.15. The first-order valence-corrected chi connectivity index (χ1v) is 4.77. The lowest BCUT2D eigenvalue weighted by molar-refractivity contribution is 0.557. The van der Waals surface area contributed by atoms with Crippen molar-refractivity contribution in [1.29, 1.82) is 0 Å². The summed E-state index contributed by atoms with van der Waals surface area (Å²) < 4.78 is 4.65. The molecule has 1 heterocycles. The molecule has 2 radical (unpaired) electrons. The second kappa shape index (κ2) is 4.95. The number of nitrogens with one attached hydrogen (secondary N) is 1. The Morgan fingerprint density at radius 3 is 1.92 bits per heavy atom. The molecule has 64 valence electrons. The zero-order valence-corrected chi connectivity index (χ0v) is 8.25. The van der Waals surface area contributed by atoms with Gasteiger partial charge in [-0.05, 0) is 19.4 Å². The van der Waals surface area contributed by atoms with Crippen molar-refractivity contribution in [2.45, 2.75) is 27.1 Å². The molecule has 0 aliphatic carbocycles. The summed E-state index contributed by atoms with van der Waals surface area (Å²) in [6.07, 6.45) is 1.16. The van der Waals surface area contributed by atoms with E-state index in [9.17, 15) is 0 Å². The molecule has 0 bridgehead atoms. The molecule has 1 fully saturated rings. The third-order valence-corrected chi connectivity index (χ3v) is 2.34. The van der Waals surface area contributed by atoms with E-state index in [4.69, 9.17) is 0 Å². The summed E-state index contributed by atoms with van der Waals surface area (Å²) in [5.41, 5.74) is 0. The first kappa shape index (κ1) is 10.2. The van der Waals surface area contributed by atoms with Gasteiger partial charge in [0.1, 0.15) is 0 Å². The maximum Gasteiger partial charge on any atom is 0.289 e. The van der Waals surface area contributed by atoms with Crippen LogP contribution in [-0.2, 0) is 0 Å². The Kier molecular flexibility index (Phi) is 4.19. The summed E-state index contributed by atoms with van der Waals surface area (Å²) in [4.78, 5) is 0. The molecule has 1 aliphatic heterocycles. The lowest BCUT2D eigenvalue weighted by Crippen LogP contribution is -2.66. The molecule has 0 atom stereocenters. The van der Waals surface area contributed by atoms with Crippen molar-refractivity contribution in [3.8, 4) is 0 Å². The molecule has 0 spiro atoms. The quantitative estimate of drug-likeness (QED) is 0.581. The fourth-order valence-electron chi connectivity index (χ4n) is 1.66. The monoisotopic (exact) mass is 163 g/mol. The van der Waals surface area contributed by atoms with Crippen LogP contribution in [0.15, 0.2) is 0 Å². The lowest BCUT2D eigenvalue weighted by Gasteiger charge is -2.39. The zero-order chi connectivity index (χ0) is 8.97. The molecule has 1 rings (SSSR count). The molecule has 12 heavy (non-hydrogen) atoms. The summed E-state index contributed by atoms with van der Waals surface area (Å²) in [6.45, 7) is 9.26. The summed E-state index contributed by atoms with van der Waals surface area (Å²) in [5.74, 6) is 0. The summed E-state index contributed by atoms with van der Waals surface area (Å²) >= 11 is 0. The Hall–Kier alpha value is 0.0748. The normalized spacial score (nSPS) is 20.4. The van der Waals surface area contributed by atoms with Crippen molar-refractivity contribution in [2.24, 2.45) is 0 Å². The highest BCUT2D eigenvalue weighted by Crippen LogP contribution is 2.06. The van der Waals surface area contributed by atoms with Crippen LogP contribution in [0.3, 0.4) is 0 Å². The van der Waals surface area contributed by atoms with Gasteiger partial charge >= 0.3 is 0 Å². The first-order chi connectivity index (χ1) is 5.83. The highest BCUT2D eigenvalue weighted by atomic mass is 15.2. The average Bonchev–Trinajstić information content (AvgIpc) is 2.16. The van der Waals surface area contributed by atoms with Gasteiger partial charge < -0.3 is 14.6 Å². The highest BCUT2D eigenvalue weighted by Gasteiger charge is 2.30. The maximum atomic E-state index is 3.15. The SMILES string of the molecule is CCB1N(CC)[B]N[B]N1CC. The second-order valence-electron chi connectivity index (χ2n) is 2.97. The topological polar surface area (TPSA) is 18.5 Å². The number of hydrogen-bond donors (Lipinski definition) is 1. The minimum atomic E-state index is 0.543. The highest BCUT2D eigenvalue weighted by molar-refractivity contribution is 6.74. The first-order valence-electron chi connectivity index (χ1n) is 4.77. The van der Waals surface area contributed by atoms with Crippen LogP contribution in [0.1, 0.15) is 20.8 Å². The van der Waals surface area contributed by atoms with Crippen LogP contribution in [0.5, 0.6) is 0 Å². The van der Waals surface area contributed by atoms with Crippen molar-refractivity contribution >= 4 is 22.1 Å². The van der Waals surface area contributed by atoms with E-state index in [-0.39, 0.29) is 0 Å². The molecule has 1 aliphatic rings. The van der Waals surface area contributed by atoms with E-state index in [1.807, 2.05) is 0 Å². The zero-order valence-electron chi connectivity index (χ0n) is 8.25. The third kappa shape index (κ3) is 2.06. The van der Waals surface area contributed by atoms with E-state index in [1.54, 1.807) is 0 Å². The molecule has 0 aromatic rings. The Morgan fingerprint density at radius 1 is 1.08 bits per heavy atom. The molecular formula is C6H16B3N3. The molecule has 0 aromatic carbocycles. The summed E-state index contributed by atoms with van der Waals surface area (Å²) in [7, 11) is 4.11. The fourth-order valence-corrected chi connectivity index (χ4v) is 1.66. The van der Waals surface area contributed by atoms with Crippen molar-refractivity contribution in [3.05, 3.63) is 0 Å². The molecule has 0 saturated carbocycles. The van der Waals surface area contributed by atoms with Crippen LogP contribution in [0.25, 0.3) is 0 Å². The predicted molar refractivity (Wildman–Crippen MR) is 55.6 cm³/mol. The lowest BCUT2D eigenvalue weighted by atomic mass is 9.57. The van der Waals surface area contributed by atoms with Crippen LogP contribution in [0.2, 0.25) is 6.32 Å². The van der Waals surface area contributed by atoms with Gasteiger partial charge in [-0.15, -0.1) is 0 Å². The van der Waals surface area contributed by atoms with Crippen LogP contribution in [0, 0.1) is 0 Å². The van der Waals surface area contributed by atoms with E-state index in [1.165, 1.54) is 0 Å². The van der Waals surface area contributed by atoms with Crippen molar-refractivity contribution in [2.75, 3.05) is 13.1 Å². The average molecular weight is 163 g/mol. The van der Waals surface area contributed by atoms with Crippen molar-refractivity contribution in [3.63, 3.8) is 0 Å². The van der Waals surface area contributed by atoms with Crippen LogP contribution >= 0.6 is 0 Å². The number of nitrogens with zero attached hydrogens (tertiary/aromatic N) is 2. The third-order valence-electron chi connectivity index (χ3n) is 2.34. The van der Waals surface area contributed by atoms with Gasteiger partial charge in [0.05, 0.1) is 0 Å². The largest absolute Gasteiger partial charge is 0.379 e. The van der Waals surface area contributed by atoms with Gasteiger partial charge in [-0.25, -0.2) is 0 Å². The smallest absolute Gasteiger partial charge is 0.289 e. The second-order valence-corrected chi connectivity index (χ2v) is 2.97. The van der Waals surface area contributed by atoms with E-state index < -0.39 is 0 Å². The van der Waals surface area contributed by atoms with Gasteiger partial charge in [-0.2, -0.15) is 0 Å².